The molecule has 0 N–H and O–H groups in total. The zero-order chi connectivity index (χ0) is 23.0. The molecule has 0 amide bonds. The van der Waals surface area contributed by atoms with Gasteiger partial charge >= 0.3 is 0 Å². The fourth-order valence-corrected chi connectivity index (χ4v) is 4.09. The van der Waals surface area contributed by atoms with Crippen molar-refractivity contribution in [3.63, 3.8) is 0 Å². The van der Waals surface area contributed by atoms with Crippen LogP contribution in [0, 0.1) is 11.3 Å². The van der Waals surface area contributed by atoms with Gasteiger partial charge in [0, 0.05) is 11.0 Å². The summed E-state index contributed by atoms with van der Waals surface area (Å²) in [6, 6.07) is 7.02. The smallest absolute Gasteiger partial charge is 0.173 e. The van der Waals surface area contributed by atoms with Gasteiger partial charge in [-0.1, -0.05) is 94.2 Å². The van der Waals surface area contributed by atoms with Crippen molar-refractivity contribution in [3.05, 3.63) is 132 Å². The van der Waals surface area contributed by atoms with Crippen LogP contribution in [0.25, 0.3) is 0 Å². The van der Waals surface area contributed by atoms with Gasteiger partial charge in [-0.2, -0.15) is 0 Å². The average Bonchev–Trinajstić information content (AvgIpc) is 3.04. The maximum atomic E-state index is 3.95. The molecule has 0 aromatic heterocycles. The Balaban J connectivity index is 1.92. The average molecular weight is 423 g/mol. The highest BCUT2D eigenvalue weighted by atomic mass is 15.0. The normalized spacial score (nSPS) is 19.7. The first kappa shape index (κ1) is 23.5. The van der Waals surface area contributed by atoms with Gasteiger partial charge in [0.05, 0.1) is 0 Å². The van der Waals surface area contributed by atoms with Crippen LogP contribution in [-0.4, -0.2) is 10.8 Å². The van der Waals surface area contributed by atoms with Gasteiger partial charge in [0.25, 0.3) is 0 Å². The molecule has 1 aromatic carbocycles. The molecular formula is C31H36N+. The molecule has 0 saturated carbocycles. The Morgan fingerprint density at radius 1 is 0.906 bits per heavy atom. The molecule has 2 aliphatic carbocycles. The summed E-state index contributed by atoms with van der Waals surface area (Å²) in [7, 11) is 0. The van der Waals surface area contributed by atoms with E-state index in [-0.39, 0.29) is 5.41 Å². The van der Waals surface area contributed by atoms with Gasteiger partial charge in [0.15, 0.2) is 19.0 Å². The van der Waals surface area contributed by atoms with Crippen LogP contribution in [0.15, 0.2) is 116 Å². The number of allylic oxidation sites excluding steroid dienone is 13. The lowest BCUT2D eigenvalue weighted by molar-refractivity contribution is -0.468. The fourth-order valence-electron chi connectivity index (χ4n) is 4.09. The Kier molecular flexibility index (Phi) is 8.00. The quantitative estimate of drug-likeness (QED) is 0.302. The summed E-state index contributed by atoms with van der Waals surface area (Å²) in [5, 5.41) is 0. The van der Waals surface area contributed by atoms with Crippen molar-refractivity contribution in [2.24, 2.45) is 11.3 Å². The SMILES string of the molecule is C=CC=[N+](C=C)Cc1cc(CC2=CC=CC(C)(C)C=C2)cc(CC2=CC(C)C=CC=C2)c1. The van der Waals surface area contributed by atoms with E-state index in [9.17, 15) is 0 Å². The summed E-state index contributed by atoms with van der Waals surface area (Å²) >= 11 is 0. The Morgan fingerprint density at radius 3 is 2.34 bits per heavy atom. The molecule has 0 radical (unpaired) electrons. The Labute approximate surface area is 194 Å². The molecule has 2 aliphatic rings. The second kappa shape index (κ2) is 10.9. The standard InChI is InChI=1S/C31H36N/c1-6-17-32(7-2)24-30-22-28(19-26-13-10-15-31(4,5)16-14-26)21-29(23-30)20-27-12-9-8-11-25(3)18-27/h6-18,21-23,25H,1-2,19-20,24H2,3-5H3/q+1. The highest BCUT2D eigenvalue weighted by molar-refractivity contribution is 5.65. The highest BCUT2D eigenvalue weighted by Gasteiger charge is 2.12. The molecular weight excluding hydrogens is 386 g/mol. The predicted octanol–water partition coefficient (Wildman–Crippen LogP) is 7.45. The minimum absolute atomic E-state index is 0.0965. The third-order valence-electron chi connectivity index (χ3n) is 5.70. The van der Waals surface area contributed by atoms with Crippen molar-refractivity contribution in [3.8, 4) is 0 Å². The molecule has 0 fully saturated rings. The molecule has 0 aliphatic heterocycles. The van der Waals surface area contributed by atoms with E-state index in [4.69, 9.17) is 0 Å². The largest absolute Gasteiger partial charge is 0.201 e. The fraction of sp³-hybridized carbons (Fsp3) is 0.258. The van der Waals surface area contributed by atoms with Crippen molar-refractivity contribution >= 4 is 6.21 Å². The maximum absolute atomic E-state index is 3.95. The Bertz CT molecular complexity index is 1060. The first-order valence-corrected chi connectivity index (χ1v) is 11.5. The minimum Gasteiger partial charge on any atom is -0.201 e. The van der Waals surface area contributed by atoms with Crippen molar-refractivity contribution in [1.82, 2.24) is 0 Å². The van der Waals surface area contributed by atoms with Crippen LogP contribution >= 0.6 is 0 Å². The molecule has 3 rings (SSSR count). The zero-order valence-electron chi connectivity index (χ0n) is 19.8. The Morgan fingerprint density at radius 2 is 1.62 bits per heavy atom. The topological polar surface area (TPSA) is 3.01 Å². The summed E-state index contributed by atoms with van der Waals surface area (Å²) < 4.78 is 2.07. The molecule has 32 heavy (non-hydrogen) atoms. The molecule has 0 spiro atoms. The second-order valence-electron chi connectivity index (χ2n) is 9.35. The molecule has 164 valence electrons. The lowest BCUT2D eigenvalue weighted by Crippen LogP contribution is -2.06. The second-order valence-corrected chi connectivity index (χ2v) is 9.35. The van der Waals surface area contributed by atoms with Gasteiger partial charge in [0.1, 0.15) is 0 Å². The number of rotatable bonds is 8. The van der Waals surface area contributed by atoms with Crippen LogP contribution in [0.1, 0.15) is 37.5 Å². The molecule has 0 saturated heterocycles. The molecule has 0 bridgehead atoms. The van der Waals surface area contributed by atoms with E-state index in [2.05, 4.69) is 117 Å². The van der Waals surface area contributed by atoms with E-state index >= 15 is 0 Å². The van der Waals surface area contributed by atoms with E-state index in [0.29, 0.717) is 5.92 Å². The van der Waals surface area contributed by atoms with Gasteiger partial charge in [0.2, 0.25) is 0 Å². The first-order chi connectivity index (χ1) is 15.4. The number of hydrogen-bond acceptors (Lipinski definition) is 0. The monoisotopic (exact) mass is 422 g/mol. The van der Waals surface area contributed by atoms with E-state index in [1.807, 2.05) is 12.4 Å². The summed E-state index contributed by atoms with van der Waals surface area (Å²) in [6.45, 7) is 15.3. The van der Waals surface area contributed by atoms with Crippen LogP contribution in [-0.2, 0) is 19.4 Å². The molecule has 1 nitrogen and oxygen atoms in total. The van der Waals surface area contributed by atoms with Gasteiger partial charge in [-0.15, -0.1) is 0 Å². The van der Waals surface area contributed by atoms with Crippen molar-refractivity contribution < 1.29 is 4.58 Å². The predicted molar refractivity (Wildman–Crippen MR) is 140 cm³/mol. The molecule has 0 heterocycles. The van der Waals surface area contributed by atoms with Gasteiger partial charge in [-0.25, -0.2) is 4.58 Å². The number of nitrogens with zero attached hydrogens (tertiary/aromatic N) is 1. The summed E-state index contributed by atoms with van der Waals surface area (Å²) in [6.07, 6.45) is 29.8. The van der Waals surface area contributed by atoms with Crippen molar-refractivity contribution in [2.75, 3.05) is 0 Å². The summed E-state index contributed by atoms with van der Waals surface area (Å²) in [5.74, 6) is 0.456. The summed E-state index contributed by atoms with van der Waals surface area (Å²) in [5.41, 5.74) is 6.77. The molecule has 1 atom stereocenters. The lowest BCUT2D eigenvalue weighted by atomic mass is 9.92. The third kappa shape index (κ3) is 7.20. The lowest BCUT2D eigenvalue weighted by Gasteiger charge is -2.13. The highest BCUT2D eigenvalue weighted by Crippen LogP contribution is 2.25. The Hall–Kier alpha value is -3.19. The molecule has 1 aromatic rings. The van der Waals surface area contributed by atoms with Crippen LogP contribution in [0.5, 0.6) is 0 Å². The van der Waals surface area contributed by atoms with Crippen LogP contribution < -0.4 is 0 Å². The van der Waals surface area contributed by atoms with Gasteiger partial charge < -0.3 is 0 Å². The zero-order valence-corrected chi connectivity index (χ0v) is 19.8. The number of hydrogen-bond donors (Lipinski definition) is 0. The molecule has 1 heteroatoms. The van der Waals surface area contributed by atoms with Crippen LogP contribution in [0.4, 0.5) is 0 Å². The van der Waals surface area contributed by atoms with Gasteiger partial charge in [-0.3, -0.25) is 0 Å². The van der Waals surface area contributed by atoms with E-state index in [1.165, 1.54) is 27.8 Å². The van der Waals surface area contributed by atoms with Crippen LogP contribution in [0.2, 0.25) is 0 Å². The van der Waals surface area contributed by atoms with E-state index < -0.39 is 0 Å². The first-order valence-electron chi connectivity index (χ1n) is 11.5. The van der Waals surface area contributed by atoms with E-state index in [0.717, 1.165) is 19.4 Å². The maximum Gasteiger partial charge on any atom is 0.173 e. The number of benzene rings is 1. The minimum atomic E-state index is 0.0965. The van der Waals surface area contributed by atoms with Crippen molar-refractivity contribution in [2.45, 2.75) is 40.2 Å². The molecule has 1 unspecified atom stereocenters. The van der Waals surface area contributed by atoms with Gasteiger partial charge in [-0.05, 0) is 65.8 Å². The third-order valence-corrected chi connectivity index (χ3v) is 5.70. The van der Waals surface area contributed by atoms with Crippen LogP contribution in [0.3, 0.4) is 0 Å². The summed E-state index contributed by atoms with van der Waals surface area (Å²) in [4.78, 5) is 0. The van der Waals surface area contributed by atoms with E-state index in [1.54, 1.807) is 6.08 Å². The van der Waals surface area contributed by atoms with Crippen molar-refractivity contribution in [1.29, 1.82) is 0 Å².